The van der Waals surface area contributed by atoms with Gasteiger partial charge in [0.15, 0.2) is 0 Å². The normalized spacial score (nSPS) is 30.1. The molecule has 0 aromatic carbocycles. The van der Waals surface area contributed by atoms with Crippen molar-refractivity contribution in [1.29, 1.82) is 0 Å². The Labute approximate surface area is 123 Å². The summed E-state index contributed by atoms with van der Waals surface area (Å²) in [4.78, 5) is 34.2. The second-order valence-corrected chi connectivity index (χ2v) is 3.42. The zero-order valence-corrected chi connectivity index (χ0v) is 6.90. The predicted molar refractivity (Wildman–Crippen MR) is 47.8 cm³/mol. The van der Waals surface area contributed by atoms with Crippen LogP contribution in [0.25, 0.3) is 0 Å². The number of aliphatic carboxylic acids is 1. The number of amides is 2. The quantitative estimate of drug-likeness (QED) is 0.350. The first-order chi connectivity index (χ1) is 6.11. The van der Waals surface area contributed by atoms with E-state index in [2.05, 4.69) is 0 Å². The Hall–Kier alpha value is 0.246. The van der Waals surface area contributed by atoms with E-state index < -0.39 is 17.8 Å². The van der Waals surface area contributed by atoms with Crippen molar-refractivity contribution in [3.8, 4) is 0 Å². The van der Waals surface area contributed by atoms with E-state index in [-0.39, 0.29) is 63.3 Å². The third-order valence-corrected chi connectivity index (χ3v) is 2.67. The maximum absolute atomic E-state index is 11.4. The fraction of sp³-hybridized carbons (Fsp3) is 0.625. The molecule has 5 nitrogen and oxygen atoms in total. The minimum atomic E-state index is -1.12. The zero-order chi connectivity index (χ0) is 9.59. The third kappa shape index (κ3) is 1.81. The van der Waals surface area contributed by atoms with Gasteiger partial charge in [-0.3, -0.25) is 19.3 Å². The van der Waals surface area contributed by atoms with Crippen LogP contribution in [0.15, 0.2) is 0 Å². The van der Waals surface area contributed by atoms with Crippen LogP contribution in [0.3, 0.4) is 0 Å². The van der Waals surface area contributed by atoms with Gasteiger partial charge in [0.05, 0.1) is 0 Å². The van der Waals surface area contributed by atoms with Gasteiger partial charge in [-0.25, -0.2) is 0 Å². The Balaban J connectivity index is 0.000000980. The molecule has 2 saturated heterocycles. The first-order valence-electron chi connectivity index (χ1n) is 4.20. The molecule has 0 saturated carbocycles. The molecule has 2 fully saturated rings. The molecule has 0 aliphatic carbocycles. The van der Waals surface area contributed by atoms with Crippen LogP contribution in [-0.4, -0.2) is 85.2 Å². The van der Waals surface area contributed by atoms with Crippen LogP contribution in [-0.2, 0) is 14.4 Å². The summed E-state index contributed by atoms with van der Waals surface area (Å²) in [6.45, 7) is 0. The van der Waals surface area contributed by atoms with Gasteiger partial charge in [0.25, 0.3) is 0 Å². The molecule has 2 unspecified atom stereocenters. The Morgan fingerprint density at radius 1 is 1.43 bits per heavy atom. The third-order valence-electron chi connectivity index (χ3n) is 2.67. The Bertz CT molecular complexity index is 304. The molecule has 2 aliphatic rings. The predicted octanol–water partition coefficient (Wildman–Crippen LogP) is -1.04. The van der Waals surface area contributed by atoms with Gasteiger partial charge in [-0.2, -0.15) is 0 Å². The zero-order valence-electron chi connectivity index (χ0n) is 6.90. The first kappa shape index (κ1) is 12.3. The number of carbonyl (C=O) groups is 3. The molecule has 2 aliphatic heterocycles. The molecule has 1 N–H and O–H groups in total. The van der Waals surface area contributed by atoms with E-state index in [9.17, 15) is 14.4 Å². The van der Waals surface area contributed by atoms with Crippen molar-refractivity contribution in [3.63, 3.8) is 0 Å². The van der Waals surface area contributed by atoms with E-state index >= 15 is 0 Å². The molecule has 2 heterocycles. The summed E-state index contributed by atoms with van der Waals surface area (Å²) in [6, 6.07) is -0.152. The summed E-state index contributed by atoms with van der Waals surface area (Å²) in [5.74, 6) is -2.86. The molecule has 0 aromatic heterocycles. The number of imide groups is 1. The number of carboxylic acid groups (broad SMARTS) is 1. The van der Waals surface area contributed by atoms with Crippen molar-refractivity contribution >= 4 is 69.2 Å². The molecule has 2 amide bonds. The topological polar surface area (TPSA) is 74.7 Å². The van der Waals surface area contributed by atoms with Crippen LogP contribution in [0.2, 0.25) is 0 Å². The van der Waals surface area contributed by atoms with Gasteiger partial charge >= 0.3 is 57.4 Å². The van der Waals surface area contributed by atoms with E-state index in [0.29, 0.717) is 19.3 Å². The van der Waals surface area contributed by atoms with Crippen molar-refractivity contribution in [1.82, 2.24) is 4.90 Å². The maximum atomic E-state index is 11.4. The van der Waals surface area contributed by atoms with Gasteiger partial charge < -0.3 is 5.11 Å². The minimum absolute atomic E-state index is 0. The fourth-order valence-electron chi connectivity index (χ4n) is 2.02. The Morgan fingerprint density at radius 2 is 2.07 bits per heavy atom. The molecule has 0 bridgehead atoms. The summed E-state index contributed by atoms with van der Waals surface area (Å²) in [5, 5.41) is 8.67. The average molecular weight is 223 g/mol. The van der Waals surface area contributed by atoms with Crippen LogP contribution < -0.4 is 0 Å². The monoisotopic (exact) mass is 223 g/mol. The molecule has 0 aromatic rings. The van der Waals surface area contributed by atoms with Crippen molar-refractivity contribution < 1.29 is 19.5 Å². The molecule has 2 atom stereocenters. The number of nitrogens with zero attached hydrogens (tertiary/aromatic N) is 1. The Kier molecular flexibility index (Phi) is 3.87. The summed E-state index contributed by atoms with van der Waals surface area (Å²) < 4.78 is 0. The second-order valence-electron chi connectivity index (χ2n) is 3.42. The van der Waals surface area contributed by atoms with Crippen molar-refractivity contribution in [3.05, 3.63) is 0 Å². The van der Waals surface area contributed by atoms with Gasteiger partial charge in [0.1, 0.15) is 5.92 Å². The summed E-state index contributed by atoms with van der Waals surface area (Å²) in [7, 11) is 0. The average Bonchev–Trinajstić information content (AvgIpc) is 2.55. The van der Waals surface area contributed by atoms with E-state index in [0.717, 1.165) is 4.90 Å². The van der Waals surface area contributed by atoms with Crippen LogP contribution in [0.5, 0.6) is 0 Å². The van der Waals surface area contributed by atoms with Gasteiger partial charge in [-0.1, -0.05) is 0 Å². The van der Waals surface area contributed by atoms with Crippen LogP contribution in [0, 0.1) is 5.92 Å². The molecule has 6 heteroatoms. The number of hydrogen-bond donors (Lipinski definition) is 1. The van der Waals surface area contributed by atoms with Crippen LogP contribution in [0.4, 0.5) is 0 Å². The molecular formula is C8H10KNO4. The summed E-state index contributed by atoms with van der Waals surface area (Å²) >= 11 is 0. The van der Waals surface area contributed by atoms with Crippen molar-refractivity contribution in [2.45, 2.75) is 25.3 Å². The standard InChI is InChI=1S/C8H9NO4.K.H/c10-6-2-1-4-3-5(8(12)13)7(11)9(4)6;;/h4-5H,1-3H2,(H,12,13);;. The second kappa shape index (κ2) is 4.40. The molecule has 0 radical (unpaired) electrons. The van der Waals surface area contributed by atoms with E-state index in [1.807, 2.05) is 0 Å². The molecule has 0 spiro atoms. The molecule has 2 rings (SSSR count). The van der Waals surface area contributed by atoms with E-state index in [4.69, 9.17) is 5.11 Å². The number of carbonyl (C=O) groups excluding carboxylic acids is 2. The number of hydrogen-bond acceptors (Lipinski definition) is 3. The number of fused-ring (bicyclic) bond motifs is 1. The summed E-state index contributed by atoms with van der Waals surface area (Å²) in [6.07, 6.45) is 1.29. The van der Waals surface area contributed by atoms with Gasteiger partial charge in [0.2, 0.25) is 11.8 Å². The van der Waals surface area contributed by atoms with E-state index in [1.165, 1.54) is 0 Å². The molecule has 14 heavy (non-hydrogen) atoms. The molecule has 72 valence electrons. The van der Waals surface area contributed by atoms with Crippen LogP contribution >= 0.6 is 0 Å². The number of carboxylic acids is 1. The van der Waals surface area contributed by atoms with Gasteiger partial charge in [0, 0.05) is 12.5 Å². The van der Waals surface area contributed by atoms with Gasteiger partial charge in [-0.15, -0.1) is 0 Å². The Morgan fingerprint density at radius 3 is 2.57 bits per heavy atom. The first-order valence-corrected chi connectivity index (χ1v) is 4.20. The van der Waals surface area contributed by atoms with E-state index in [1.54, 1.807) is 0 Å². The SMILES string of the molecule is O=C(O)C1CC2CCC(=O)N2C1=O.[KH]. The number of rotatable bonds is 1. The molecular weight excluding hydrogens is 213 g/mol. The van der Waals surface area contributed by atoms with Gasteiger partial charge in [-0.05, 0) is 12.8 Å². The fourth-order valence-corrected chi connectivity index (χ4v) is 2.02. The summed E-state index contributed by atoms with van der Waals surface area (Å²) in [5.41, 5.74) is 0. The van der Waals surface area contributed by atoms with Crippen molar-refractivity contribution in [2.75, 3.05) is 0 Å². The van der Waals surface area contributed by atoms with Crippen LogP contribution in [0.1, 0.15) is 19.3 Å². The van der Waals surface area contributed by atoms with Crippen molar-refractivity contribution in [2.24, 2.45) is 5.92 Å².